The fourth-order valence-corrected chi connectivity index (χ4v) is 3.29. The second-order valence-corrected chi connectivity index (χ2v) is 7.08. The summed E-state index contributed by atoms with van der Waals surface area (Å²) in [6.07, 6.45) is 6.05. The lowest BCUT2D eigenvalue weighted by molar-refractivity contribution is -0.140. The number of carbonyl (C=O) groups excluding carboxylic acids is 2. The number of methoxy groups -OCH3 is 1. The number of hydrogen-bond acceptors (Lipinski definition) is 4. The lowest BCUT2D eigenvalue weighted by atomic mass is 9.75. The summed E-state index contributed by atoms with van der Waals surface area (Å²) in [5.74, 6) is 1.46. The van der Waals surface area contributed by atoms with Crippen LogP contribution in [0.2, 0.25) is 0 Å². The first-order valence-electron chi connectivity index (χ1n) is 8.95. The van der Waals surface area contributed by atoms with Crippen molar-refractivity contribution < 1.29 is 19.1 Å². The Morgan fingerprint density at radius 1 is 1.17 bits per heavy atom. The summed E-state index contributed by atoms with van der Waals surface area (Å²) in [6.45, 7) is 7.23. The van der Waals surface area contributed by atoms with Crippen LogP contribution in [0.25, 0.3) is 0 Å². The highest BCUT2D eigenvalue weighted by Crippen LogP contribution is 2.35. The van der Waals surface area contributed by atoms with E-state index < -0.39 is 0 Å². The van der Waals surface area contributed by atoms with Gasteiger partial charge >= 0.3 is 12.1 Å². The molecule has 0 heterocycles. The number of unbranched alkanes of at least 4 members (excludes halogenated alkanes) is 2. The van der Waals surface area contributed by atoms with Crippen LogP contribution < -0.4 is 5.32 Å². The minimum absolute atomic E-state index is 0.0399. The third kappa shape index (κ3) is 7.71. The van der Waals surface area contributed by atoms with Crippen molar-refractivity contribution in [3.05, 3.63) is 0 Å². The molecule has 0 spiro atoms. The topological polar surface area (TPSA) is 64.6 Å². The van der Waals surface area contributed by atoms with Gasteiger partial charge in [-0.05, 0) is 43.4 Å². The second kappa shape index (κ2) is 10.5. The van der Waals surface area contributed by atoms with E-state index >= 15 is 0 Å². The molecule has 5 heteroatoms. The van der Waals surface area contributed by atoms with Gasteiger partial charge in [-0.25, -0.2) is 4.79 Å². The molecular formula is C18H33NO4. The van der Waals surface area contributed by atoms with Crippen molar-refractivity contribution in [3.63, 3.8) is 0 Å². The molecule has 5 nitrogen and oxygen atoms in total. The van der Waals surface area contributed by atoms with E-state index in [9.17, 15) is 9.59 Å². The van der Waals surface area contributed by atoms with Crippen LogP contribution in [0.5, 0.6) is 0 Å². The molecule has 23 heavy (non-hydrogen) atoms. The molecule has 1 saturated carbocycles. The molecule has 1 rings (SSSR count). The molecule has 0 aromatic carbocycles. The van der Waals surface area contributed by atoms with Crippen molar-refractivity contribution in [1.29, 1.82) is 0 Å². The van der Waals surface area contributed by atoms with Crippen LogP contribution in [0.4, 0.5) is 4.79 Å². The summed E-state index contributed by atoms with van der Waals surface area (Å²) < 4.78 is 10.3. The fraction of sp³-hybridized carbons (Fsp3) is 0.889. The number of nitrogens with one attached hydrogen (secondary N) is 1. The van der Waals surface area contributed by atoms with Gasteiger partial charge in [-0.3, -0.25) is 4.79 Å². The van der Waals surface area contributed by atoms with Crippen LogP contribution in [0, 0.1) is 17.8 Å². The van der Waals surface area contributed by atoms with Crippen LogP contribution in [0.3, 0.4) is 0 Å². The standard InChI is InChI=1S/C18H33NO4/c1-13(2)15-10-9-14(3)12-16(15)23-18(21)19-11-7-5-6-8-17(20)22-4/h13-16H,5-12H2,1-4H3,(H,19,21)/t14-,15+,16-/m1/s1. The minimum Gasteiger partial charge on any atom is -0.469 e. The molecule has 1 fully saturated rings. The minimum atomic E-state index is -0.303. The maximum atomic E-state index is 12.0. The molecule has 1 N–H and O–H groups in total. The quantitative estimate of drug-likeness (QED) is 0.542. The smallest absolute Gasteiger partial charge is 0.407 e. The number of amides is 1. The number of esters is 1. The third-order valence-electron chi connectivity index (χ3n) is 4.77. The summed E-state index contributed by atoms with van der Waals surface area (Å²) in [5.41, 5.74) is 0. The molecule has 0 unspecified atom stereocenters. The highest BCUT2D eigenvalue weighted by molar-refractivity contribution is 5.69. The molecule has 1 aliphatic rings. The van der Waals surface area contributed by atoms with E-state index in [1.807, 2.05) is 0 Å². The van der Waals surface area contributed by atoms with Gasteiger partial charge in [0, 0.05) is 13.0 Å². The first-order valence-corrected chi connectivity index (χ1v) is 8.95. The summed E-state index contributed by atoms with van der Waals surface area (Å²) in [5, 5.41) is 2.83. The first kappa shape index (κ1) is 19.8. The Morgan fingerprint density at radius 3 is 2.57 bits per heavy atom. The average Bonchev–Trinajstić information content (AvgIpc) is 2.50. The molecule has 0 saturated heterocycles. The van der Waals surface area contributed by atoms with E-state index in [-0.39, 0.29) is 18.2 Å². The van der Waals surface area contributed by atoms with Crippen LogP contribution in [-0.2, 0) is 14.3 Å². The van der Waals surface area contributed by atoms with Gasteiger partial charge in [-0.1, -0.05) is 33.6 Å². The molecule has 1 aliphatic carbocycles. The van der Waals surface area contributed by atoms with Gasteiger partial charge in [0.2, 0.25) is 0 Å². The zero-order chi connectivity index (χ0) is 17.2. The maximum absolute atomic E-state index is 12.0. The van der Waals surface area contributed by atoms with Crippen molar-refractivity contribution in [2.45, 2.75) is 71.8 Å². The molecule has 0 aromatic rings. The molecular weight excluding hydrogens is 294 g/mol. The fourth-order valence-electron chi connectivity index (χ4n) is 3.29. The molecule has 1 amide bonds. The van der Waals surface area contributed by atoms with Gasteiger partial charge in [0.15, 0.2) is 0 Å². The highest BCUT2D eigenvalue weighted by atomic mass is 16.6. The van der Waals surface area contributed by atoms with Gasteiger partial charge in [-0.2, -0.15) is 0 Å². The van der Waals surface area contributed by atoms with Crippen LogP contribution >= 0.6 is 0 Å². The Hall–Kier alpha value is -1.26. The largest absolute Gasteiger partial charge is 0.469 e. The predicted octanol–water partition coefficient (Wildman–Crippen LogP) is 3.91. The van der Waals surface area contributed by atoms with Gasteiger partial charge in [0.1, 0.15) is 6.10 Å². The van der Waals surface area contributed by atoms with Crippen LogP contribution in [0.15, 0.2) is 0 Å². The number of ether oxygens (including phenoxy) is 2. The molecule has 0 aliphatic heterocycles. The lowest BCUT2D eigenvalue weighted by Gasteiger charge is -2.36. The average molecular weight is 327 g/mol. The van der Waals surface area contributed by atoms with Gasteiger partial charge < -0.3 is 14.8 Å². The zero-order valence-corrected chi connectivity index (χ0v) is 15.1. The summed E-state index contributed by atoms with van der Waals surface area (Å²) >= 11 is 0. The van der Waals surface area contributed by atoms with Crippen molar-refractivity contribution in [2.75, 3.05) is 13.7 Å². The van der Waals surface area contributed by atoms with Crippen molar-refractivity contribution >= 4 is 12.1 Å². The SMILES string of the molecule is COC(=O)CCCCCNC(=O)O[C@@H]1C[C@H](C)CC[C@H]1C(C)C. The molecule has 0 radical (unpaired) electrons. The van der Waals surface area contributed by atoms with Crippen LogP contribution in [-0.4, -0.2) is 31.8 Å². The zero-order valence-electron chi connectivity index (χ0n) is 15.1. The number of hydrogen-bond donors (Lipinski definition) is 1. The van der Waals surface area contributed by atoms with E-state index in [1.54, 1.807) is 0 Å². The summed E-state index contributed by atoms with van der Waals surface area (Å²) in [7, 11) is 1.40. The van der Waals surface area contributed by atoms with Crippen molar-refractivity contribution in [2.24, 2.45) is 17.8 Å². The monoisotopic (exact) mass is 327 g/mol. The summed E-state index contributed by atoms with van der Waals surface area (Å²) in [6, 6.07) is 0. The first-order chi connectivity index (χ1) is 10.9. The van der Waals surface area contributed by atoms with E-state index in [0.29, 0.717) is 30.7 Å². The number of carbonyl (C=O) groups is 2. The second-order valence-electron chi connectivity index (χ2n) is 7.08. The Bertz CT molecular complexity index is 370. The van der Waals surface area contributed by atoms with E-state index in [1.165, 1.54) is 13.5 Å². The van der Waals surface area contributed by atoms with Crippen molar-refractivity contribution in [1.82, 2.24) is 5.32 Å². The van der Waals surface area contributed by atoms with Crippen molar-refractivity contribution in [3.8, 4) is 0 Å². The van der Waals surface area contributed by atoms with Crippen LogP contribution in [0.1, 0.15) is 65.7 Å². The maximum Gasteiger partial charge on any atom is 0.407 e. The van der Waals surface area contributed by atoms with E-state index in [4.69, 9.17) is 4.74 Å². The molecule has 134 valence electrons. The van der Waals surface area contributed by atoms with E-state index in [0.717, 1.165) is 32.1 Å². The molecule has 0 bridgehead atoms. The Balaban J connectivity index is 2.20. The molecule has 0 aromatic heterocycles. The van der Waals surface area contributed by atoms with Gasteiger partial charge in [-0.15, -0.1) is 0 Å². The predicted molar refractivity (Wildman–Crippen MR) is 90.1 cm³/mol. The molecule has 3 atom stereocenters. The highest BCUT2D eigenvalue weighted by Gasteiger charge is 2.33. The Kier molecular flexibility index (Phi) is 9.03. The van der Waals surface area contributed by atoms with Gasteiger partial charge in [0.05, 0.1) is 7.11 Å². The lowest BCUT2D eigenvalue weighted by Crippen LogP contribution is -2.39. The number of alkyl carbamates (subject to hydrolysis) is 1. The summed E-state index contributed by atoms with van der Waals surface area (Å²) in [4.78, 5) is 22.9. The third-order valence-corrected chi connectivity index (χ3v) is 4.77. The van der Waals surface area contributed by atoms with Gasteiger partial charge in [0.25, 0.3) is 0 Å². The normalized spacial score (nSPS) is 24.3. The van der Waals surface area contributed by atoms with E-state index in [2.05, 4.69) is 30.8 Å². The Labute approximate surface area is 140 Å². The Morgan fingerprint density at radius 2 is 1.91 bits per heavy atom. The number of rotatable bonds is 8.